The fourth-order valence-corrected chi connectivity index (χ4v) is 2.40. The summed E-state index contributed by atoms with van der Waals surface area (Å²) < 4.78 is 0. The maximum absolute atomic E-state index is 11.3. The maximum Gasteiger partial charge on any atom is 0.221 e. The first-order chi connectivity index (χ1) is 7.34. The highest BCUT2D eigenvalue weighted by Gasteiger charge is 2.18. The molecule has 2 heterocycles. The van der Waals surface area contributed by atoms with Crippen LogP contribution < -0.4 is 10.6 Å². The first kappa shape index (κ1) is 10.9. The smallest absolute Gasteiger partial charge is 0.221 e. The normalized spacial score (nSPS) is 28.8. The molecule has 1 unspecified atom stereocenters. The van der Waals surface area contributed by atoms with E-state index in [-0.39, 0.29) is 5.91 Å². The largest absolute Gasteiger partial charge is 0.355 e. The Bertz CT molecular complexity index is 214. The molecule has 2 rings (SSSR count). The zero-order valence-electron chi connectivity index (χ0n) is 9.30. The molecule has 0 saturated carbocycles. The summed E-state index contributed by atoms with van der Waals surface area (Å²) >= 11 is 0. The highest BCUT2D eigenvalue weighted by atomic mass is 16.1. The van der Waals surface area contributed by atoms with Gasteiger partial charge in [0.1, 0.15) is 0 Å². The molecule has 4 heteroatoms. The second kappa shape index (κ2) is 5.47. The van der Waals surface area contributed by atoms with Crippen LogP contribution in [0.5, 0.6) is 0 Å². The van der Waals surface area contributed by atoms with Gasteiger partial charge in [-0.05, 0) is 38.9 Å². The van der Waals surface area contributed by atoms with Crippen LogP contribution in [0, 0.1) is 0 Å². The number of nitrogens with one attached hydrogen (secondary N) is 2. The van der Waals surface area contributed by atoms with E-state index in [1.807, 2.05) is 0 Å². The van der Waals surface area contributed by atoms with Gasteiger partial charge in [-0.15, -0.1) is 0 Å². The number of amides is 1. The van der Waals surface area contributed by atoms with Gasteiger partial charge in [0.05, 0.1) is 0 Å². The third-order valence-electron chi connectivity index (χ3n) is 3.30. The molecule has 0 aromatic heterocycles. The second-order valence-corrected chi connectivity index (χ2v) is 4.54. The van der Waals surface area contributed by atoms with Crippen molar-refractivity contribution in [3.8, 4) is 0 Å². The summed E-state index contributed by atoms with van der Waals surface area (Å²) in [6.45, 7) is 5.33. The van der Waals surface area contributed by atoms with Crippen LogP contribution in [0.15, 0.2) is 0 Å². The monoisotopic (exact) mass is 211 g/mol. The molecule has 0 bridgehead atoms. The summed E-state index contributed by atoms with van der Waals surface area (Å²) in [5, 5.41) is 6.31. The summed E-state index contributed by atoms with van der Waals surface area (Å²) in [5.74, 6) is 0.200. The van der Waals surface area contributed by atoms with Gasteiger partial charge in [0, 0.05) is 25.6 Å². The lowest BCUT2D eigenvalue weighted by molar-refractivity contribution is -0.121. The van der Waals surface area contributed by atoms with Gasteiger partial charge >= 0.3 is 0 Å². The van der Waals surface area contributed by atoms with Crippen LogP contribution in [0.1, 0.15) is 25.7 Å². The molecule has 2 aliphatic heterocycles. The van der Waals surface area contributed by atoms with E-state index in [2.05, 4.69) is 15.5 Å². The Morgan fingerprint density at radius 1 is 1.27 bits per heavy atom. The molecule has 2 aliphatic rings. The third-order valence-corrected chi connectivity index (χ3v) is 3.30. The molecule has 15 heavy (non-hydrogen) atoms. The number of hydrogen-bond acceptors (Lipinski definition) is 3. The number of carbonyl (C=O) groups excluding carboxylic acids is 1. The lowest BCUT2D eigenvalue weighted by Crippen LogP contribution is -2.34. The van der Waals surface area contributed by atoms with Gasteiger partial charge in [0.15, 0.2) is 0 Å². The summed E-state index contributed by atoms with van der Waals surface area (Å²) in [4.78, 5) is 13.8. The van der Waals surface area contributed by atoms with Gasteiger partial charge in [-0.3, -0.25) is 4.79 Å². The van der Waals surface area contributed by atoms with Crippen LogP contribution in [-0.2, 0) is 4.79 Å². The van der Waals surface area contributed by atoms with E-state index in [9.17, 15) is 4.79 Å². The lowest BCUT2D eigenvalue weighted by atomic mass is 10.1. The van der Waals surface area contributed by atoms with E-state index in [0.717, 1.165) is 26.1 Å². The van der Waals surface area contributed by atoms with E-state index in [1.165, 1.54) is 25.9 Å². The predicted molar refractivity (Wildman–Crippen MR) is 59.7 cm³/mol. The zero-order valence-corrected chi connectivity index (χ0v) is 9.30. The molecule has 0 aromatic rings. The fraction of sp³-hybridized carbons (Fsp3) is 0.909. The SMILES string of the molecule is O=C1CC(CCN2CCCC2)NCCN1. The third kappa shape index (κ3) is 3.47. The van der Waals surface area contributed by atoms with E-state index in [4.69, 9.17) is 0 Å². The highest BCUT2D eigenvalue weighted by Crippen LogP contribution is 2.09. The molecule has 0 aromatic carbocycles. The van der Waals surface area contributed by atoms with Crippen LogP contribution in [0.25, 0.3) is 0 Å². The van der Waals surface area contributed by atoms with Crippen molar-refractivity contribution < 1.29 is 4.79 Å². The van der Waals surface area contributed by atoms with Gasteiger partial charge < -0.3 is 15.5 Å². The molecule has 2 saturated heterocycles. The van der Waals surface area contributed by atoms with Gasteiger partial charge in [0.2, 0.25) is 5.91 Å². The summed E-state index contributed by atoms with van der Waals surface area (Å²) in [6, 6.07) is 0.382. The molecule has 0 spiro atoms. The molecular weight excluding hydrogens is 190 g/mol. The van der Waals surface area contributed by atoms with Crippen LogP contribution in [-0.4, -0.2) is 49.6 Å². The standard InChI is InChI=1S/C11H21N3O/c15-11-9-10(12-4-5-13-11)3-8-14-6-1-2-7-14/h10,12H,1-9H2,(H,13,15). The Morgan fingerprint density at radius 2 is 2.07 bits per heavy atom. The molecule has 86 valence electrons. The molecule has 2 N–H and O–H groups in total. The van der Waals surface area contributed by atoms with Gasteiger partial charge in [-0.2, -0.15) is 0 Å². The summed E-state index contributed by atoms with van der Waals surface area (Å²) in [6.07, 6.45) is 4.44. The minimum absolute atomic E-state index is 0.200. The molecule has 4 nitrogen and oxygen atoms in total. The van der Waals surface area contributed by atoms with Gasteiger partial charge in [0.25, 0.3) is 0 Å². The Labute approximate surface area is 91.4 Å². The van der Waals surface area contributed by atoms with E-state index in [1.54, 1.807) is 0 Å². The molecule has 0 aliphatic carbocycles. The minimum atomic E-state index is 0.200. The Balaban J connectivity index is 1.70. The summed E-state index contributed by atoms with van der Waals surface area (Å²) in [7, 11) is 0. The molecule has 1 amide bonds. The average Bonchev–Trinajstić information content (AvgIpc) is 2.65. The van der Waals surface area contributed by atoms with Crippen LogP contribution in [0.4, 0.5) is 0 Å². The van der Waals surface area contributed by atoms with E-state index < -0.39 is 0 Å². The highest BCUT2D eigenvalue weighted by molar-refractivity contribution is 5.76. The first-order valence-corrected chi connectivity index (χ1v) is 6.07. The van der Waals surface area contributed by atoms with Crippen molar-refractivity contribution in [3.63, 3.8) is 0 Å². The van der Waals surface area contributed by atoms with Crippen molar-refractivity contribution in [2.45, 2.75) is 31.7 Å². The number of rotatable bonds is 3. The van der Waals surface area contributed by atoms with Crippen molar-refractivity contribution >= 4 is 5.91 Å². The number of nitrogens with zero attached hydrogens (tertiary/aromatic N) is 1. The number of likely N-dealkylation sites (tertiary alicyclic amines) is 1. The topological polar surface area (TPSA) is 44.4 Å². The molecule has 1 atom stereocenters. The summed E-state index contributed by atoms with van der Waals surface area (Å²) in [5.41, 5.74) is 0. The van der Waals surface area contributed by atoms with Crippen molar-refractivity contribution in [3.05, 3.63) is 0 Å². The Hall–Kier alpha value is -0.610. The maximum atomic E-state index is 11.3. The Morgan fingerprint density at radius 3 is 2.87 bits per heavy atom. The molecule has 2 fully saturated rings. The van der Waals surface area contributed by atoms with Crippen molar-refractivity contribution in [1.82, 2.24) is 15.5 Å². The second-order valence-electron chi connectivity index (χ2n) is 4.54. The number of hydrogen-bond donors (Lipinski definition) is 2. The first-order valence-electron chi connectivity index (χ1n) is 6.07. The Kier molecular flexibility index (Phi) is 3.97. The molecule has 0 radical (unpaired) electrons. The number of carbonyl (C=O) groups is 1. The molecular formula is C11H21N3O. The quantitative estimate of drug-likeness (QED) is 0.688. The lowest BCUT2D eigenvalue weighted by Gasteiger charge is -2.19. The van der Waals surface area contributed by atoms with Crippen LogP contribution in [0.3, 0.4) is 0 Å². The van der Waals surface area contributed by atoms with Crippen LogP contribution >= 0.6 is 0 Å². The fourth-order valence-electron chi connectivity index (χ4n) is 2.40. The van der Waals surface area contributed by atoms with Crippen molar-refractivity contribution in [1.29, 1.82) is 0 Å². The average molecular weight is 211 g/mol. The van der Waals surface area contributed by atoms with Crippen molar-refractivity contribution in [2.24, 2.45) is 0 Å². The predicted octanol–water partition coefficient (Wildman–Crippen LogP) is -0.0496. The van der Waals surface area contributed by atoms with Gasteiger partial charge in [-0.25, -0.2) is 0 Å². The van der Waals surface area contributed by atoms with E-state index >= 15 is 0 Å². The van der Waals surface area contributed by atoms with E-state index in [0.29, 0.717) is 12.5 Å². The van der Waals surface area contributed by atoms with Gasteiger partial charge in [-0.1, -0.05) is 0 Å². The minimum Gasteiger partial charge on any atom is -0.355 e. The van der Waals surface area contributed by atoms with Crippen molar-refractivity contribution in [2.75, 3.05) is 32.7 Å². The van der Waals surface area contributed by atoms with Crippen LogP contribution in [0.2, 0.25) is 0 Å². The zero-order chi connectivity index (χ0) is 10.5.